The Balaban J connectivity index is 1.69. The molecule has 5 nitrogen and oxygen atoms in total. The van der Waals surface area contributed by atoms with E-state index in [4.69, 9.17) is 0 Å². The first-order chi connectivity index (χ1) is 10.4. The van der Waals surface area contributed by atoms with Crippen molar-refractivity contribution in [3.05, 3.63) is 72.3 Å². The third-order valence-corrected chi connectivity index (χ3v) is 2.70. The lowest BCUT2D eigenvalue weighted by Crippen LogP contribution is -1.84. The van der Waals surface area contributed by atoms with Gasteiger partial charge in [-0.05, 0) is 36.4 Å². The second kappa shape index (κ2) is 6.38. The summed E-state index contributed by atoms with van der Waals surface area (Å²) in [5.74, 6) is 1.35. The fourth-order valence-corrected chi connectivity index (χ4v) is 1.71. The van der Waals surface area contributed by atoms with Crippen molar-refractivity contribution in [2.75, 3.05) is 0 Å². The number of pyridine rings is 2. The highest BCUT2D eigenvalue weighted by molar-refractivity contribution is 5.84. The predicted molar refractivity (Wildman–Crippen MR) is 83.8 cm³/mol. The quantitative estimate of drug-likeness (QED) is 0.742. The van der Waals surface area contributed by atoms with Gasteiger partial charge in [0, 0.05) is 12.4 Å². The van der Waals surface area contributed by atoms with Crippen molar-refractivity contribution < 1.29 is 0 Å². The molecular weight excluding hydrogens is 262 g/mol. The van der Waals surface area contributed by atoms with Crippen molar-refractivity contribution in [2.24, 2.45) is 9.98 Å². The van der Waals surface area contributed by atoms with E-state index in [0.29, 0.717) is 11.6 Å². The SMILES string of the molecule is C(=N\c1ccccn1)/c1ccc(/C=N/c2ccccn2)[nH]1. The Morgan fingerprint density at radius 2 is 1.24 bits per heavy atom. The summed E-state index contributed by atoms with van der Waals surface area (Å²) in [7, 11) is 0. The van der Waals surface area contributed by atoms with Crippen LogP contribution < -0.4 is 0 Å². The van der Waals surface area contributed by atoms with Crippen LogP contribution in [0.15, 0.2) is 70.9 Å². The molecule has 0 saturated carbocycles. The average molecular weight is 275 g/mol. The summed E-state index contributed by atoms with van der Waals surface area (Å²) in [6, 6.07) is 15.1. The molecule has 0 aromatic carbocycles. The van der Waals surface area contributed by atoms with Crippen LogP contribution in [0.4, 0.5) is 11.6 Å². The molecule has 0 aliphatic carbocycles. The number of H-pyrrole nitrogens is 1. The van der Waals surface area contributed by atoms with E-state index in [0.717, 1.165) is 11.4 Å². The molecule has 0 aliphatic heterocycles. The van der Waals surface area contributed by atoms with Crippen molar-refractivity contribution in [1.29, 1.82) is 0 Å². The van der Waals surface area contributed by atoms with E-state index in [1.165, 1.54) is 0 Å². The van der Waals surface area contributed by atoms with Crippen LogP contribution in [0.2, 0.25) is 0 Å². The molecule has 3 heterocycles. The Kier molecular flexibility index (Phi) is 3.93. The number of aromatic amines is 1. The molecular formula is C16H13N5. The van der Waals surface area contributed by atoms with Crippen LogP contribution in [0.1, 0.15) is 11.4 Å². The second-order valence-corrected chi connectivity index (χ2v) is 4.26. The zero-order chi connectivity index (χ0) is 14.3. The Bertz CT molecular complexity index is 681. The van der Waals surface area contributed by atoms with Crippen molar-refractivity contribution >= 4 is 24.1 Å². The van der Waals surface area contributed by atoms with Gasteiger partial charge in [0.1, 0.15) is 0 Å². The Morgan fingerprint density at radius 1 is 0.714 bits per heavy atom. The van der Waals surface area contributed by atoms with Crippen LogP contribution >= 0.6 is 0 Å². The largest absolute Gasteiger partial charge is 0.353 e. The smallest absolute Gasteiger partial charge is 0.151 e. The number of hydrogen-bond acceptors (Lipinski definition) is 4. The van der Waals surface area contributed by atoms with Crippen molar-refractivity contribution in [2.45, 2.75) is 0 Å². The number of aliphatic imine (C=N–C) groups is 2. The van der Waals surface area contributed by atoms with Crippen molar-refractivity contribution in [1.82, 2.24) is 15.0 Å². The molecule has 0 atom stereocenters. The maximum atomic E-state index is 4.28. The fourth-order valence-electron chi connectivity index (χ4n) is 1.71. The third kappa shape index (κ3) is 3.70. The van der Waals surface area contributed by atoms with Crippen molar-refractivity contribution in [3.63, 3.8) is 0 Å². The van der Waals surface area contributed by atoms with E-state index in [1.807, 2.05) is 48.5 Å². The molecule has 3 rings (SSSR count). The first kappa shape index (κ1) is 12.9. The Labute approximate surface area is 122 Å². The predicted octanol–water partition coefficient (Wildman–Crippen LogP) is 3.31. The molecule has 0 spiro atoms. The van der Waals surface area contributed by atoms with Gasteiger partial charge in [-0.1, -0.05) is 12.1 Å². The monoisotopic (exact) mass is 275 g/mol. The van der Waals surface area contributed by atoms with E-state index in [1.54, 1.807) is 24.8 Å². The molecule has 0 amide bonds. The van der Waals surface area contributed by atoms with Gasteiger partial charge in [0.2, 0.25) is 0 Å². The Hall–Kier alpha value is -3.08. The van der Waals surface area contributed by atoms with Gasteiger partial charge in [0.25, 0.3) is 0 Å². The standard InChI is InChI=1S/C16H13N5/c1-3-9-17-15(5-1)19-11-13-7-8-14(21-13)12-20-16-6-2-4-10-18-16/h1-12,21H/b19-11+,20-12+. The van der Waals surface area contributed by atoms with E-state index >= 15 is 0 Å². The summed E-state index contributed by atoms with van der Waals surface area (Å²) in [5.41, 5.74) is 1.78. The molecule has 0 aliphatic rings. The molecule has 1 N–H and O–H groups in total. The minimum absolute atomic E-state index is 0.677. The number of rotatable bonds is 4. The molecule has 3 aromatic rings. The molecule has 5 heteroatoms. The van der Waals surface area contributed by atoms with Gasteiger partial charge in [0.15, 0.2) is 11.6 Å². The van der Waals surface area contributed by atoms with Gasteiger partial charge in [-0.15, -0.1) is 0 Å². The number of hydrogen-bond donors (Lipinski definition) is 1. The molecule has 0 fully saturated rings. The molecule has 0 radical (unpaired) electrons. The van der Waals surface area contributed by atoms with Crippen LogP contribution in [0, 0.1) is 0 Å². The Morgan fingerprint density at radius 3 is 1.67 bits per heavy atom. The summed E-state index contributed by atoms with van der Waals surface area (Å²) in [5, 5.41) is 0. The summed E-state index contributed by atoms with van der Waals surface area (Å²) in [6.45, 7) is 0. The van der Waals surface area contributed by atoms with Crippen LogP contribution in [-0.4, -0.2) is 27.4 Å². The van der Waals surface area contributed by atoms with Gasteiger partial charge in [-0.3, -0.25) is 0 Å². The van der Waals surface area contributed by atoms with Gasteiger partial charge in [-0.25, -0.2) is 20.0 Å². The maximum Gasteiger partial charge on any atom is 0.151 e. The van der Waals surface area contributed by atoms with Crippen LogP contribution in [-0.2, 0) is 0 Å². The number of aromatic nitrogens is 3. The highest BCUT2D eigenvalue weighted by Gasteiger charge is 1.94. The fraction of sp³-hybridized carbons (Fsp3) is 0. The topological polar surface area (TPSA) is 66.3 Å². The molecule has 102 valence electrons. The lowest BCUT2D eigenvalue weighted by Gasteiger charge is -1.91. The van der Waals surface area contributed by atoms with Crippen LogP contribution in [0.25, 0.3) is 0 Å². The van der Waals surface area contributed by atoms with E-state index in [2.05, 4.69) is 24.9 Å². The average Bonchev–Trinajstić information content (AvgIpc) is 3.01. The lowest BCUT2D eigenvalue weighted by molar-refractivity contribution is 1.26. The lowest BCUT2D eigenvalue weighted by atomic mass is 10.4. The van der Waals surface area contributed by atoms with Crippen LogP contribution in [0.5, 0.6) is 0 Å². The molecule has 0 bridgehead atoms. The summed E-state index contributed by atoms with van der Waals surface area (Å²) < 4.78 is 0. The van der Waals surface area contributed by atoms with E-state index in [9.17, 15) is 0 Å². The first-order valence-electron chi connectivity index (χ1n) is 6.49. The second-order valence-electron chi connectivity index (χ2n) is 4.26. The zero-order valence-electron chi connectivity index (χ0n) is 11.2. The van der Waals surface area contributed by atoms with Crippen molar-refractivity contribution in [3.8, 4) is 0 Å². The van der Waals surface area contributed by atoms with Gasteiger partial charge in [0.05, 0.1) is 23.8 Å². The molecule has 21 heavy (non-hydrogen) atoms. The molecule has 0 unspecified atom stereocenters. The van der Waals surface area contributed by atoms with Gasteiger partial charge < -0.3 is 4.98 Å². The molecule has 3 aromatic heterocycles. The normalized spacial score (nSPS) is 11.4. The van der Waals surface area contributed by atoms with E-state index < -0.39 is 0 Å². The molecule has 0 saturated heterocycles. The minimum atomic E-state index is 0.677. The zero-order valence-corrected chi connectivity index (χ0v) is 11.2. The first-order valence-corrected chi connectivity index (χ1v) is 6.49. The van der Waals surface area contributed by atoms with Gasteiger partial charge >= 0.3 is 0 Å². The third-order valence-electron chi connectivity index (χ3n) is 2.70. The minimum Gasteiger partial charge on any atom is -0.353 e. The number of nitrogens with one attached hydrogen (secondary N) is 1. The maximum absolute atomic E-state index is 4.28. The highest BCUT2D eigenvalue weighted by Crippen LogP contribution is 2.07. The summed E-state index contributed by atoms with van der Waals surface area (Å²) >= 11 is 0. The highest BCUT2D eigenvalue weighted by atomic mass is 14.9. The van der Waals surface area contributed by atoms with Gasteiger partial charge in [-0.2, -0.15) is 0 Å². The summed E-state index contributed by atoms with van der Waals surface area (Å²) in [4.78, 5) is 20.0. The summed E-state index contributed by atoms with van der Waals surface area (Å²) in [6.07, 6.45) is 6.90. The number of nitrogens with zero attached hydrogens (tertiary/aromatic N) is 4. The van der Waals surface area contributed by atoms with Crippen LogP contribution in [0.3, 0.4) is 0 Å². The van der Waals surface area contributed by atoms with E-state index in [-0.39, 0.29) is 0 Å².